The van der Waals surface area contributed by atoms with E-state index in [0.29, 0.717) is 12.8 Å². The Morgan fingerprint density at radius 1 is 1.41 bits per heavy atom. The van der Waals surface area contributed by atoms with Crippen molar-refractivity contribution in [3.63, 3.8) is 0 Å². The van der Waals surface area contributed by atoms with Gasteiger partial charge in [0.05, 0.1) is 11.5 Å². The zero-order valence-electron chi connectivity index (χ0n) is 12.0. The van der Waals surface area contributed by atoms with Gasteiger partial charge in [-0.2, -0.15) is 0 Å². The summed E-state index contributed by atoms with van der Waals surface area (Å²) in [5.74, 6) is -0.816. The second kappa shape index (κ2) is 5.73. The maximum atomic E-state index is 11.5. The van der Waals surface area contributed by atoms with Crippen molar-refractivity contribution in [1.82, 2.24) is 10.3 Å². The van der Waals surface area contributed by atoms with Gasteiger partial charge in [-0.25, -0.2) is 8.42 Å². The second-order valence-corrected chi connectivity index (χ2v) is 7.95. The maximum Gasteiger partial charge on any atom is 0.321 e. The van der Waals surface area contributed by atoms with Crippen LogP contribution in [0.4, 0.5) is 0 Å². The van der Waals surface area contributed by atoms with Crippen LogP contribution < -0.4 is 5.32 Å². The summed E-state index contributed by atoms with van der Waals surface area (Å²) < 4.78 is 23.0. The van der Waals surface area contributed by atoms with Gasteiger partial charge in [-0.1, -0.05) is 18.2 Å². The standard InChI is InChI=1S/C15H18N2O4S/c18-15(19)14(17-11-5-6-22(20,21)9-11)7-10-8-16-13-4-2-1-3-12(10)13/h1-4,8,11,14,16-17H,5-7,9H2,(H,18,19)/t11-,14-/m1/s1. The van der Waals surface area contributed by atoms with Crippen molar-refractivity contribution in [3.05, 3.63) is 36.0 Å². The molecule has 1 aliphatic heterocycles. The molecule has 1 aromatic heterocycles. The lowest BCUT2D eigenvalue weighted by molar-refractivity contribution is -0.139. The minimum atomic E-state index is -3.03. The predicted molar refractivity (Wildman–Crippen MR) is 83.6 cm³/mol. The van der Waals surface area contributed by atoms with Crippen LogP contribution in [0.5, 0.6) is 0 Å². The monoisotopic (exact) mass is 322 g/mol. The number of aliphatic carboxylic acids is 1. The fraction of sp³-hybridized carbons (Fsp3) is 0.400. The summed E-state index contributed by atoms with van der Waals surface area (Å²) >= 11 is 0. The quantitative estimate of drug-likeness (QED) is 0.761. The van der Waals surface area contributed by atoms with Gasteiger partial charge in [0.25, 0.3) is 0 Å². The van der Waals surface area contributed by atoms with Crippen molar-refractivity contribution in [2.24, 2.45) is 0 Å². The number of para-hydroxylation sites is 1. The Labute approximate surface area is 128 Å². The SMILES string of the molecule is O=C(O)[C@@H](Cc1c[nH]c2ccccc12)N[C@@H]1CCS(=O)(=O)C1. The van der Waals surface area contributed by atoms with E-state index in [1.54, 1.807) is 0 Å². The molecule has 0 aliphatic carbocycles. The third kappa shape index (κ3) is 3.15. The molecule has 3 N–H and O–H groups in total. The minimum absolute atomic E-state index is 0.0185. The lowest BCUT2D eigenvalue weighted by Gasteiger charge is -2.18. The molecule has 0 bridgehead atoms. The molecule has 2 atom stereocenters. The molecule has 1 fully saturated rings. The normalized spacial score (nSPS) is 21.9. The number of rotatable bonds is 5. The number of hydrogen-bond donors (Lipinski definition) is 3. The van der Waals surface area contributed by atoms with Gasteiger partial charge >= 0.3 is 5.97 Å². The van der Waals surface area contributed by atoms with Crippen molar-refractivity contribution in [1.29, 1.82) is 0 Å². The summed E-state index contributed by atoms with van der Waals surface area (Å²) in [5, 5.41) is 13.4. The average molecular weight is 322 g/mol. The number of aromatic nitrogens is 1. The van der Waals surface area contributed by atoms with Crippen LogP contribution in [0.2, 0.25) is 0 Å². The summed E-state index contributed by atoms with van der Waals surface area (Å²) in [6.45, 7) is 0. The van der Waals surface area contributed by atoms with Gasteiger partial charge < -0.3 is 15.4 Å². The molecule has 1 aromatic carbocycles. The van der Waals surface area contributed by atoms with Gasteiger partial charge in [0, 0.05) is 29.6 Å². The first-order valence-electron chi connectivity index (χ1n) is 7.19. The summed E-state index contributed by atoms with van der Waals surface area (Å²) in [7, 11) is -3.03. The first kappa shape index (κ1) is 15.1. The van der Waals surface area contributed by atoms with Crippen LogP contribution in [0.1, 0.15) is 12.0 Å². The number of aromatic amines is 1. The van der Waals surface area contributed by atoms with E-state index in [9.17, 15) is 18.3 Å². The van der Waals surface area contributed by atoms with E-state index in [0.717, 1.165) is 16.5 Å². The third-order valence-corrected chi connectivity index (χ3v) is 5.83. The molecule has 3 rings (SSSR count). The predicted octanol–water partition coefficient (Wildman–Crippen LogP) is 0.940. The van der Waals surface area contributed by atoms with Crippen molar-refractivity contribution in [2.45, 2.75) is 24.9 Å². The molecule has 0 saturated carbocycles. The van der Waals surface area contributed by atoms with Crippen LogP contribution in [0.25, 0.3) is 10.9 Å². The zero-order valence-corrected chi connectivity index (χ0v) is 12.8. The first-order valence-corrected chi connectivity index (χ1v) is 9.01. The summed E-state index contributed by atoms with van der Waals surface area (Å²) in [5.41, 5.74) is 1.88. The number of benzene rings is 1. The van der Waals surface area contributed by atoms with Crippen molar-refractivity contribution in [3.8, 4) is 0 Å². The molecular weight excluding hydrogens is 304 g/mol. The van der Waals surface area contributed by atoms with Gasteiger partial charge in [0.15, 0.2) is 9.84 Å². The molecular formula is C15H18N2O4S. The zero-order chi connectivity index (χ0) is 15.7. The molecule has 1 saturated heterocycles. The fourth-order valence-electron chi connectivity index (χ4n) is 2.95. The number of carboxylic acids is 1. The molecule has 0 unspecified atom stereocenters. The smallest absolute Gasteiger partial charge is 0.321 e. The number of carbonyl (C=O) groups is 1. The largest absolute Gasteiger partial charge is 0.480 e. The molecule has 7 heteroatoms. The Balaban J connectivity index is 1.76. The number of hydrogen-bond acceptors (Lipinski definition) is 4. The Hall–Kier alpha value is -1.86. The topological polar surface area (TPSA) is 99.3 Å². The maximum absolute atomic E-state index is 11.5. The Morgan fingerprint density at radius 2 is 2.18 bits per heavy atom. The molecule has 1 aliphatic rings. The van der Waals surface area contributed by atoms with Crippen LogP contribution >= 0.6 is 0 Å². The van der Waals surface area contributed by atoms with Crippen LogP contribution in [0.15, 0.2) is 30.5 Å². The highest BCUT2D eigenvalue weighted by atomic mass is 32.2. The summed E-state index contributed by atoms with van der Waals surface area (Å²) in [4.78, 5) is 14.6. The van der Waals surface area contributed by atoms with Crippen LogP contribution in [0.3, 0.4) is 0 Å². The highest BCUT2D eigenvalue weighted by Gasteiger charge is 2.31. The molecule has 2 heterocycles. The lowest BCUT2D eigenvalue weighted by Crippen LogP contribution is -2.45. The molecule has 0 spiro atoms. The third-order valence-electron chi connectivity index (χ3n) is 4.07. The van der Waals surface area contributed by atoms with E-state index >= 15 is 0 Å². The average Bonchev–Trinajstić information content (AvgIpc) is 3.02. The van der Waals surface area contributed by atoms with E-state index < -0.39 is 21.8 Å². The van der Waals surface area contributed by atoms with E-state index in [4.69, 9.17) is 0 Å². The van der Waals surface area contributed by atoms with Crippen LogP contribution in [-0.2, 0) is 21.1 Å². The second-order valence-electron chi connectivity index (χ2n) is 5.72. The van der Waals surface area contributed by atoms with E-state index in [1.807, 2.05) is 30.5 Å². The van der Waals surface area contributed by atoms with Crippen molar-refractivity contribution < 1.29 is 18.3 Å². The Bertz CT molecular complexity index is 797. The van der Waals surface area contributed by atoms with E-state index in [-0.39, 0.29) is 17.5 Å². The highest BCUT2D eigenvalue weighted by Crippen LogP contribution is 2.20. The molecule has 2 aromatic rings. The Kier molecular flexibility index (Phi) is 3.92. The van der Waals surface area contributed by atoms with E-state index in [1.165, 1.54) is 0 Å². The fourth-order valence-corrected chi connectivity index (χ4v) is 4.64. The highest BCUT2D eigenvalue weighted by molar-refractivity contribution is 7.91. The lowest BCUT2D eigenvalue weighted by atomic mass is 10.0. The minimum Gasteiger partial charge on any atom is -0.480 e. The van der Waals surface area contributed by atoms with Gasteiger partial charge in [-0.05, 0) is 18.1 Å². The number of H-pyrrole nitrogens is 1. The van der Waals surface area contributed by atoms with Crippen LogP contribution in [0, 0.1) is 0 Å². The number of nitrogens with one attached hydrogen (secondary N) is 2. The van der Waals surface area contributed by atoms with Crippen LogP contribution in [-0.4, -0.2) is 48.1 Å². The first-order chi connectivity index (χ1) is 10.4. The Morgan fingerprint density at radius 3 is 2.86 bits per heavy atom. The van der Waals surface area contributed by atoms with Gasteiger partial charge in [0.1, 0.15) is 6.04 Å². The van der Waals surface area contributed by atoms with Crippen molar-refractivity contribution >= 4 is 26.7 Å². The van der Waals surface area contributed by atoms with Gasteiger partial charge in [0.2, 0.25) is 0 Å². The van der Waals surface area contributed by atoms with Gasteiger partial charge in [-0.3, -0.25) is 4.79 Å². The number of fused-ring (bicyclic) bond motifs is 1. The van der Waals surface area contributed by atoms with Crippen molar-refractivity contribution in [2.75, 3.05) is 11.5 Å². The number of carboxylic acid groups (broad SMARTS) is 1. The molecule has 22 heavy (non-hydrogen) atoms. The molecule has 6 nitrogen and oxygen atoms in total. The molecule has 0 radical (unpaired) electrons. The summed E-state index contributed by atoms with van der Waals surface area (Å²) in [6.07, 6.45) is 2.60. The van der Waals surface area contributed by atoms with E-state index in [2.05, 4.69) is 10.3 Å². The number of sulfone groups is 1. The van der Waals surface area contributed by atoms with Gasteiger partial charge in [-0.15, -0.1) is 0 Å². The molecule has 118 valence electrons. The molecule has 0 amide bonds. The summed E-state index contributed by atoms with van der Waals surface area (Å²) in [6, 6.07) is 6.63.